The minimum Gasteiger partial charge on any atom is -0.433 e. The number of nitrogens with zero attached hydrogens (tertiary/aromatic N) is 2. The molecule has 0 aliphatic carbocycles. The van der Waals surface area contributed by atoms with Crippen molar-refractivity contribution in [3.05, 3.63) is 35.9 Å². The van der Waals surface area contributed by atoms with Crippen molar-refractivity contribution in [2.45, 2.75) is 76.3 Å². The second-order valence-electron chi connectivity index (χ2n) is 9.52. The summed E-state index contributed by atoms with van der Waals surface area (Å²) in [6, 6.07) is 4.97. The van der Waals surface area contributed by atoms with E-state index in [-0.39, 0.29) is 43.7 Å². The molecule has 12 nitrogen and oxygen atoms in total. The minimum atomic E-state index is -1.17. The zero-order valence-electron chi connectivity index (χ0n) is 21.2. The third kappa shape index (κ3) is 6.01. The Balaban J connectivity index is 1.48. The van der Waals surface area contributed by atoms with E-state index in [1.807, 2.05) is 6.92 Å². The fourth-order valence-electron chi connectivity index (χ4n) is 4.78. The number of carbonyl (C=O) groups excluding carboxylic acids is 6. The van der Waals surface area contributed by atoms with Crippen LogP contribution in [0.2, 0.25) is 0 Å². The highest BCUT2D eigenvalue weighted by atomic mass is 16.7. The molecular formula is C26H32N4O8. The number of ether oxygens (including phenoxy) is 2. The van der Waals surface area contributed by atoms with Gasteiger partial charge in [-0.3, -0.25) is 33.8 Å². The van der Waals surface area contributed by atoms with Gasteiger partial charge in [-0.2, -0.15) is 0 Å². The summed E-state index contributed by atoms with van der Waals surface area (Å²) in [5.74, 6) is -3.85. The van der Waals surface area contributed by atoms with Crippen molar-refractivity contribution in [3.8, 4) is 0 Å². The van der Waals surface area contributed by atoms with Crippen LogP contribution < -0.4 is 10.6 Å². The highest BCUT2D eigenvalue weighted by Crippen LogP contribution is 2.26. The number of fused-ring (bicyclic) bond motifs is 1. The van der Waals surface area contributed by atoms with Gasteiger partial charge in [0.2, 0.25) is 23.9 Å². The average Bonchev–Trinajstić information content (AvgIpc) is 3.22. The summed E-state index contributed by atoms with van der Waals surface area (Å²) in [6.45, 7) is 2.59. The van der Waals surface area contributed by atoms with E-state index in [0.29, 0.717) is 13.0 Å². The Morgan fingerprint density at radius 2 is 1.84 bits per heavy atom. The fourth-order valence-corrected chi connectivity index (χ4v) is 4.78. The van der Waals surface area contributed by atoms with Crippen LogP contribution in [-0.4, -0.2) is 83.0 Å². The molecule has 0 spiro atoms. The van der Waals surface area contributed by atoms with Crippen molar-refractivity contribution in [1.29, 1.82) is 0 Å². The van der Waals surface area contributed by atoms with Crippen LogP contribution in [0.25, 0.3) is 0 Å². The van der Waals surface area contributed by atoms with E-state index in [2.05, 4.69) is 10.6 Å². The Morgan fingerprint density at radius 1 is 1.08 bits per heavy atom. The Morgan fingerprint density at radius 3 is 2.58 bits per heavy atom. The number of hydrogen-bond acceptors (Lipinski definition) is 8. The van der Waals surface area contributed by atoms with Crippen LogP contribution in [0.4, 0.5) is 0 Å². The molecule has 0 radical (unpaired) electrons. The van der Waals surface area contributed by atoms with Gasteiger partial charge >= 0.3 is 5.97 Å². The van der Waals surface area contributed by atoms with Gasteiger partial charge in [-0.05, 0) is 25.7 Å². The number of unbranched alkanes of at least 4 members (excludes halogenated alkanes) is 1. The molecule has 38 heavy (non-hydrogen) atoms. The zero-order chi connectivity index (χ0) is 27.2. The molecule has 3 aliphatic rings. The number of carbonyl (C=O) groups is 6. The largest absolute Gasteiger partial charge is 0.433 e. The number of Topliss-reactive ketones (excluding diaryl/α,β-unsaturated/α-hetero) is 1. The molecule has 0 saturated carbocycles. The molecule has 1 aromatic rings. The van der Waals surface area contributed by atoms with Crippen molar-refractivity contribution >= 4 is 35.4 Å². The van der Waals surface area contributed by atoms with Crippen LogP contribution in [0.1, 0.15) is 62.2 Å². The lowest BCUT2D eigenvalue weighted by Crippen LogP contribution is -2.64. The first kappa shape index (κ1) is 27.2. The summed E-state index contributed by atoms with van der Waals surface area (Å²) < 4.78 is 10.8. The number of hydrazine groups is 1. The van der Waals surface area contributed by atoms with Gasteiger partial charge in [0.05, 0.1) is 13.0 Å². The van der Waals surface area contributed by atoms with Crippen molar-refractivity contribution in [3.63, 3.8) is 0 Å². The lowest BCUT2D eigenvalue weighted by atomic mass is 10.0. The fraction of sp³-hybridized carbons (Fsp3) is 0.538. The number of hydrogen-bond donors (Lipinski definition) is 2. The summed E-state index contributed by atoms with van der Waals surface area (Å²) in [7, 11) is 0. The Hall–Kier alpha value is -3.80. The minimum absolute atomic E-state index is 0.00880. The first-order valence-electron chi connectivity index (χ1n) is 12.9. The lowest BCUT2D eigenvalue weighted by Gasteiger charge is -2.43. The molecule has 3 fully saturated rings. The third-order valence-corrected chi connectivity index (χ3v) is 6.78. The molecule has 0 bridgehead atoms. The van der Waals surface area contributed by atoms with Crippen LogP contribution in [-0.2, 0) is 33.4 Å². The number of nitrogens with one attached hydrogen (secondary N) is 2. The van der Waals surface area contributed by atoms with E-state index in [1.54, 1.807) is 18.2 Å². The molecule has 4 rings (SSSR count). The monoisotopic (exact) mass is 528 g/mol. The smallest absolute Gasteiger partial charge is 0.310 e. The van der Waals surface area contributed by atoms with E-state index in [4.69, 9.17) is 9.47 Å². The Bertz CT molecular complexity index is 1090. The van der Waals surface area contributed by atoms with Crippen LogP contribution in [0.3, 0.4) is 0 Å². The van der Waals surface area contributed by atoms with E-state index in [9.17, 15) is 28.8 Å². The molecule has 3 aliphatic heterocycles. The van der Waals surface area contributed by atoms with Crippen molar-refractivity contribution in [1.82, 2.24) is 20.7 Å². The number of benzene rings is 1. The van der Waals surface area contributed by atoms with Gasteiger partial charge in [0.15, 0.2) is 0 Å². The first-order valence-corrected chi connectivity index (χ1v) is 12.9. The maximum atomic E-state index is 13.6. The molecular weight excluding hydrogens is 496 g/mol. The normalized spacial score (nSPS) is 25.3. The second kappa shape index (κ2) is 12.2. The predicted molar refractivity (Wildman–Crippen MR) is 131 cm³/mol. The maximum Gasteiger partial charge on any atom is 0.310 e. The molecule has 2 N–H and O–H groups in total. The van der Waals surface area contributed by atoms with Crippen LogP contribution >= 0.6 is 0 Å². The van der Waals surface area contributed by atoms with Crippen LogP contribution in [0.15, 0.2) is 30.3 Å². The molecule has 12 heteroatoms. The number of ketones is 1. The standard InChI is InChI=1S/C26H32N4O8/c1-2-3-14-37-26-18(15-21(32)38-26)28-23(34)19-10-7-13-29-20(31)12-11-17(25(36)30(19)29)27-24(35)22(33)16-8-5-4-6-9-16/h4-6,8-9,17-19,26H,2-3,7,10-15H2,1H3,(H,27,35)(H,28,34)/t17-,18-,19-,26?/m0/s1. The topological polar surface area (TPSA) is 151 Å². The molecule has 4 amide bonds. The van der Waals surface area contributed by atoms with Gasteiger partial charge in [0, 0.05) is 18.5 Å². The number of rotatable bonds is 9. The van der Waals surface area contributed by atoms with Gasteiger partial charge in [0.1, 0.15) is 18.1 Å². The highest BCUT2D eigenvalue weighted by Gasteiger charge is 2.46. The van der Waals surface area contributed by atoms with Crippen molar-refractivity contribution < 1.29 is 38.2 Å². The quantitative estimate of drug-likeness (QED) is 0.203. The molecule has 0 aromatic heterocycles. The number of esters is 1. The Kier molecular flexibility index (Phi) is 8.72. The van der Waals surface area contributed by atoms with E-state index in [0.717, 1.165) is 17.9 Å². The number of amides is 4. The molecule has 4 atom stereocenters. The van der Waals surface area contributed by atoms with E-state index >= 15 is 0 Å². The Labute approximate surface area is 219 Å². The maximum absolute atomic E-state index is 13.6. The molecule has 204 valence electrons. The van der Waals surface area contributed by atoms with Crippen LogP contribution in [0, 0.1) is 0 Å². The van der Waals surface area contributed by atoms with Gasteiger partial charge in [0.25, 0.3) is 11.8 Å². The summed E-state index contributed by atoms with van der Waals surface area (Å²) in [6.07, 6.45) is 1.33. The highest BCUT2D eigenvalue weighted by molar-refractivity contribution is 6.43. The van der Waals surface area contributed by atoms with Gasteiger partial charge in [-0.15, -0.1) is 0 Å². The van der Waals surface area contributed by atoms with Crippen molar-refractivity contribution in [2.75, 3.05) is 13.2 Å². The SMILES string of the molecule is CCCCOC1OC(=O)C[C@@H]1NC(=O)[C@@H]1CCCN2C(=O)CC[C@H](NC(=O)C(=O)c3ccccc3)C(=O)N12. The zero-order valence-corrected chi connectivity index (χ0v) is 21.2. The lowest BCUT2D eigenvalue weighted by molar-refractivity contribution is -0.177. The van der Waals surface area contributed by atoms with Gasteiger partial charge in [-0.1, -0.05) is 43.7 Å². The van der Waals surface area contributed by atoms with Crippen molar-refractivity contribution in [2.24, 2.45) is 0 Å². The molecule has 1 aromatic carbocycles. The summed E-state index contributed by atoms with van der Waals surface area (Å²) >= 11 is 0. The van der Waals surface area contributed by atoms with Gasteiger partial charge in [-0.25, -0.2) is 5.01 Å². The predicted octanol–water partition coefficient (Wildman–Crippen LogP) is 0.457. The molecule has 3 heterocycles. The summed E-state index contributed by atoms with van der Waals surface area (Å²) in [4.78, 5) is 76.9. The van der Waals surface area contributed by atoms with Crippen LogP contribution in [0.5, 0.6) is 0 Å². The molecule has 3 saturated heterocycles. The average molecular weight is 529 g/mol. The molecule has 1 unspecified atom stereocenters. The summed E-state index contributed by atoms with van der Waals surface area (Å²) in [5, 5.41) is 7.55. The van der Waals surface area contributed by atoms with E-state index < -0.39 is 53.9 Å². The first-order chi connectivity index (χ1) is 18.3. The van der Waals surface area contributed by atoms with Gasteiger partial charge < -0.3 is 20.1 Å². The third-order valence-electron chi connectivity index (χ3n) is 6.78. The second-order valence-corrected chi connectivity index (χ2v) is 9.52. The number of cyclic esters (lactones) is 1. The summed E-state index contributed by atoms with van der Waals surface area (Å²) in [5.41, 5.74) is 0.169. The van der Waals surface area contributed by atoms with E-state index in [1.165, 1.54) is 17.1 Å².